The van der Waals surface area contributed by atoms with Crippen molar-refractivity contribution in [3.8, 4) is 11.1 Å². The number of aromatic amines is 1. The van der Waals surface area contributed by atoms with Crippen LogP contribution in [-0.4, -0.2) is 43.6 Å². The van der Waals surface area contributed by atoms with Crippen LogP contribution < -0.4 is 0 Å². The second-order valence-electron chi connectivity index (χ2n) is 9.52. The zero-order chi connectivity index (χ0) is 23.1. The topological polar surface area (TPSA) is 66.8 Å². The summed E-state index contributed by atoms with van der Waals surface area (Å²) in [6.07, 6.45) is 5.73. The highest BCUT2D eigenvalue weighted by atomic mass is 16.2. The number of carbonyl (C=O) groups excluding carboxylic acids is 1. The predicted octanol–water partition coefficient (Wildman–Crippen LogP) is 5.42. The van der Waals surface area contributed by atoms with Gasteiger partial charge in [-0.1, -0.05) is 25.5 Å². The van der Waals surface area contributed by atoms with Crippen LogP contribution in [-0.2, 0) is 7.05 Å². The molecule has 1 N–H and O–H groups in total. The van der Waals surface area contributed by atoms with Gasteiger partial charge >= 0.3 is 0 Å². The Morgan fingerprint density at radius 3 is 2.67 bits per heavy atom. The van der Waals surface area contributed by atoms with Crippen molar-refractivity contribution in [2.24, 2.45) is 7.05 Å². The normalized spacial score (nSPS) is 16.6. The number of carbonyl (C=O) groups is 1. The third kappa shape index (κ3) is 3.94. The number of aryl methyl sites for hydroxylation is 2. The van der Waals surface area contributed by atoms with Crippen molar-refractivity contribution < 1.29 is 4.79 Å². The molecule has 4 aromatic rings. The number of benzene rings is 1. The van der Waals surface area contributed by atoms with Crippen LogP contribution >= 0.6 is 0 Å². The smallest absolute Gasteiger partial charge is 0.272 e. The molecule has 1 saturated heterocycles. The van der Waals surface area contributed by atoms with Crippen LogP contribution in [0, 0.1) is 6.92 Å². The molecule has 1 aliphatic heterocycles. The van der Waals surface area contributed by atoms with Crippen molar-refractivity contribution in [1.82, 2.24) is 24.6 Å². The molecule has 6 nitrogen and oxygen atoms in total. The minimum absolute atomic E-state index is 0.0685. The first-order valence-corrected chi connectivity index (χ1v) is 11.8. The zero-order valence-corrected chi connectivity index (χ0v) is 19.8. The van der Waals surface area contributed by atoms with E-state index in [0.717, 1.165) is 36.2 Å². The fourth-order valence-corrected chi connectivity index (χ4v) is 4.99. The van der Waals surface area contributed by atoms with Crippen LogP contribution in [0.1, 0.15) is 66.0 Å². The number of likely N-dealkylation sites (tertiary alicyclic amines) is 1. The third-order valence-corrected chi connectivity index (χ3v) is 6.78. The maximum absolute atomic E-state index is 13.5. The average Bonchev–Trinajstić information content (AvgIpc) is 3.40. The van der Waals surface area contributed by atoms with Gasteiger partial charge in [0.25, 0.3) is 5.91 Å². The van der Waals surface area contributed by atoms with Crippen molar-refractivity contribution in [2.45, 2.75) is 45.4 Å². The number of amides is 1. The first-order chi connectivity index (χ1) is 15.9. The number of nitrogens with one attached hydrogen (secondary N) is 1. The summed E-state index contributed by atoms with van der Waals surface area (Å²) in [5.41, 5.74) is 7.61. The Bertz CT molecular complexity index is 1300. The lowest BCUT2D eigenvalue weighted by Crippen LogP contribution is -2.40. The fourth-order valence-electron chi connectivity index (χ4n) is 4.99. The van der Waals surface area contributed by atoms with Gasteiger partial charge in [-0.25, -0.2) is 0 Å². The molecule has 1 aliphatic rings. The van der Waals surface area contributed by atoms with Gasteiger partial charge in [-0.3, -0.25) is 14.5 Å². The highest BCUT2D eigenvalue weighted by Crippen LogP contribution is 2.39. The summed E-state index contributed by atoms with van der Waals surface area (Å²) >= 11 is 0. The van der Waals surface area contributed by atoms with Gasteiger partial charge in [0.05, 0.1) is 5.69 Å². The Balaban J connectivity index is 1.51. The number of pyridine rings is 1. The number of hydrogen-bond donors (Lipinski definition) is 1. The molecule has 6 heteroatoms. The van der Waals surface area contributed by atoms with Crippen molar-refractivity contribution in [2.75, 3.05) is 13.1 Å². The van der Waals surface area contributed by atoms with Gasteiger partial charge in [0.2, 0.25) is 0 Å². The number of rotatable bonds is 4. The molecule has 0 bridgehead atoms. The van der Waals surface area contributed by atoms with Crippen LogP contribution in [0.25, 0.3) is 22.0 Å². The lowest BCUT2D eigenvalue weighted by Gasteiger charge is -2.33. The number of fused-ring (bicyclic) bond motifs is 1. The second-order valence-corrected chi connectivity index (χ2v) is 9.52. The predicted molar refractivity (Wildman–Crippen MR) is 131 cm³/mol. The van der Waals surface area contributed by atoms with Crippen LogP contribution in [0.4, 0.5) is 0 Å². The van der Waals surface area contributed by atoms with E-state index in [1.54, 1.807) is 4.68 Å². The molecule has 33 heavy (non-hydrogen) atoms. The quantitative estimate of drug-likeness (QED) is 0.460. The summed E-state index contributed by atoms with van der Waals surface area (Å²) < 4.78 is 1.73. The molecule has 3 aromatic heterocycles. The second kappa shape index (κ2) is 8.50. The van der Waals surface area contributed by atoms with Crippen LogP contribution in [0.5, 0.6) is 0 Å². The van der Waals surface area contributed by atoms with Gasteiger partial charge in [0, 0.05) is 60.6 Å². The molecule has 0 aliphatic carbocycles. The highest BCUT2D eigenvalue weighted by Gasteiger charge is 2.30. The first kappa shape index (κ1) is 21.4. The molecule has 170 valence electrons. The van der Waals surface area contributed by atoms with E-state index >= 15 is 0 Å². The minimum atomic E-state index is 0.0685. The Labute approximate surface area is 194 Å². The van der Waals surface area contributed by atoms with Gasteiger partial charge < -0.3 is 9.88 Å². The van der Waals surface area contributed by atoms with Gasteiger partial charge in [-0.05, 0) is 61.6 Å². The van der Waals surface area contributed by atoms with Crippen molar-refractivity contribution in [3.05, 3.63) is 71.4 Å². The molecule has 1 fully saturated rings. The number of nitrogens with zero attached hydrogens (tertiary/aromatic N) is 4. The number of aromatic nitrogens is 4. The van der Waals surface area contributed by atoms with Crippen molar-refractivity contribution in [1.29, 1.82) is 0 Å². The molecule has 1 amide bonds. The number of hydrogen-bond acceptors (Lipinski definition) is 3. The van der Waals surface area contributed by atoms with E-state index in [4.69, 9.17) is 0 Å². The van der Waals surface area contributed by atoms with Gasteiger partial charge in [0.15, 0.2) is 0 Å². The standard InChI is InChI=1S/C27H31N5O/c1-17(2)23-15-24(31(4)30-23)27(33)32-13-5-6-20(16-32)26-25(19-9-11-28-12-10-19)21-14-18(3)7-8-22(21)29-26/h7-12,14-15,17,20,29H,5-6,13,16H2,1-4H3/t20-/m0/s1. The van der Waals surface area contributed by atoms with E-state index in [0.29, 0.717) is 18.2 Å². The maximum Gasteiger partial charge on any atom is 0.272 e. The summed E-state index contributed by atoms with van der Waals surface area (Å²) in [5, 5.41) is 5.78. The lowest BCUT2D eigenvalue weighted by atomic mass is 9.89. The number of piperidine rings is 1. The van der Waals surface area contributed by atoms with Crippen molar-refractivity contribution in [3.63, 3.8) is 0 Å². The van der Waals surface area contributed by atoms with Gasteiger partial charge in [0.1, 0.15) is 5.69 Å². The van der Waals surface area contributed by atoms with Crippen molar-refractivity contribution >= 4 is 16.8 Å². The molecule has 0 radical (unpaired) electrons. The summed E-state index contributed by atoms with van der Waals surface area (Å²) in [6.45, 7) is 7.81. The summed E-state index contributed by atoms with van der Waals surface area (Å²) in [5.74, 6) is 0.611. The monoisotopic (exact) mass is 441 g/mol. The van der Waals surface area contributed by atoms with Gasteiger partial charge in [-0.2, -0.15) is 5.10 Å². The van der Waals surface area contributed by atoms with E-state index in [9.17, 15) is 4.79 Å². The third-order valence-electron chi connectivity index (χ3n) is 6.78. The minimum Gasteiger partial charge on any atom is -0.358 e. The van der Waals surface area contributed by atoms with Crippen LogP contribution in [0.2, 0.25) is 0 Å². The zero-order valence-electron chi connectivity index (χ0n) is 19.8. The Kier molecular flexibility index (Phi) is 5.52. The van der Waals surface area contributed by atoms with E-state index in [-0.39, 0.29) is 11.8 Å². The Morgan fingerprint density at radius 2 is 1.94 bits per heavy atom. The number of H-pyrrole nitrogens is 1. The molecule has 0 unspecified atom stereocenters. The molecule has 4 heterocycles. The largest absolute Gasteiger partial charge is 0.358 e. The van der Waals surface area contributed by atoms with E-state index < -0.39 is 0 Å². The Morgan fingerprint density at radius 1 is 1.15 bits per heavy atom. The van der Waals surface area contributed by atoms with E-state index in [1.807, 2.05) is 30.4 Å². The molecule has 0 spiro atoms. The SMILES string of the molecule is Cc1ccc2[nH]c([C@H]3CCCN(C(=O)c4cc(C(C)C)nn4C)C3)c(-c3ccncc3)c2c1. The molecule has 5 rings (SSSR count). The van der Waals surface area contributed by atoms with Crippen LogP contribution in [0.3, 0.4) is 0 Å². The molecule has 1 atom stereocenters. The fraction of sp³-hybridized carbons (Fsp3) is 0.370. The van der Waals surface area contributed by atoms with E-state index in [1.165, 1.54) is 22.2 Å². The highest BCUT2D eigenvalue weighted by molar-refractivity contribution is 5.98. The van der Waals surface area contributed by atoms with E-state index in [2.05, 4.69) is 66.2 Å². The van der Waals surface area contributed by atoms with Gasteiger partial charge in [-0.15, -0.1) is 0 Å². The summed E-state index contributed by atoms with van der Waals surface area (Å²) in [7, 11) is 1.86. The summed E-state index contributed by atoms with van der Waals surface area (Å²) in [4.78, 5) is 23.4. The first-order valence-electron chi connectivity index (χ1n) is 11.8. The molecule has 0 saturated carbocycles. The van der Waals surface area contributed by atoms with Crippen LogP contribution in [0.15, 0.2) is 48.8 Å². The Hall–Kier alpha value is -3.41. The average molecular weight is 442 g/mol. The molecular weight excluding hydrogens is 410 g/mol. The molecular formula is C27H31N5O. The molecule has 1 aromatic carbocycles. The lowest BCUT2D eigenvalue weighted by molar-refractivity contribution is 0.0695. The summed E-state index contributed by atoms with van der Waals surface area (Å²) in [6, 6.07) is 12.6. The maximum atomic E-state index is 13.5.